The largest absolute Gasteiger partial charge is 0.315 e. The van der Waals surface area contributed by atoms with Gasteiger partial charge in [-0.1, -0.05) is 12.2 Å². The van der Waals surface area contributed by atoms with Crippen molar-refractivity contribution in [2.75, 3.05) is 26.2 Å². The van der Waals surface area contributed by atoms with E-state index >= 15 is 0 Å². The molecule has 5 heteroatoms. The predicted molar refractivity (Wildman–Crippen MR) is 66.8 cm³/mol. The molecule has 1 atom stereocenters. The van der Waals surface area contributed by atoms with Crippen molar-refractivity contribution in [3.63, 3.8) is 0 Å². The minimum Gasteiger partial charge on any atom is -0.315 e. The van der Waals surface area contributed by atoms with Gasteiger partial charge in [0.2, 0.25) is 10.0 Å². The van der Waals surface area contributed by atoms with Gasteiger partial charge in [0.25, 0.3) is 0 Å². The molecule has 0 bridgehead atoms. The number of hydrogen-bond donors (Lipinski definition) is 1. The quantitative estimate of drug-likeness (QED) is 0.701. The molecule has 0 aromatic carbocycles. The molecule has 1 aliphatic heterocycles. The van der Waals surface area contributed by atoms with Gasteiger partial charge in [0, 0.05) is 19.6 Å². The second-order valence-electron chi connectivity index (χ2n) is 3.91. The van der Waals surface area contributed by atoms with Crippen LogP contribution in [0, 0.1) is 0 Å². The van der Waals surface area contributed by atoms with Crippen LogP contribution in [0.15, 0.2) is 25.3 Å². The number of nitrogens with one attached hydrogen (secondary N) is 1. The average Bonchev–Trinajstić information content (AvgIpc) is 2.30. The van der Waals surface area contributed by atoms with Gasteiger partial charge in [-0.3, -0.25) is 0 Å². The average molecular weight is 244 g/mol. The third kappa shape index (κ3) is 3.17. The van der Waals surface area contributed by atoms with Crippen LogP contribution >= 0.6 is 0 Å². The Morgan fingerprint density at radius 1 is 1.31 bits per heavy atom. The van der Waals surface area contributed by atoms with E-state index in [1.165, 1.54) is 4.31 Å². The van der Waals surface area contributed by atoms with Gasteiger partial charge < -0.3 is 5.32 Å². The first kappa shape index (κ1) is 13.4. The summed E-state index contributed by atoms with van der Waals surface area (Å²) in [6.45, 7) is 9.34. The minimum absolute atomic E-state index is 0.304. The Labute approximate surface area is 98.1 Å². The molecule has 0 spiro atoms. The van der Waals surface area contributed by atoms with Gasteiger partial charge in [-0.05, 0) is 19.4 Å². The standard InChI is InChI=1S/C11H20N2O2S/c1-3-8-13(9-4-2)16(14,15)11-6-5-7-12-10-11/h3-4,11-12H,1-2,5-10H2. The number of piperidine rings is 1. The molecule has 1 saturated heterocycles. The Morgan fingerprint density at radius 2 is 1.94 bits per heavy atom. The van der Waals surface area contributed by atoms with Crippen molar-refractivity contribution in [1.29, 1.82) is 0 Å². The number of rotatable bonds is 6. The molecule has 1 rings (SSSR count). The summed E-state index contributed by atoms with van der Waals surface area (Å²) < 4.78 is 25.9. The van der Waals surface area contributed by atoms with Gasteiger partial charge >= 0.3 is 0 Å². The molecular formula is C11H20N2O2S. The van der Waals surface area contributed by atoms with Gasteiger partial charge in [-0.25, -0.2) is 8.42 Å². The van der Waals surface area contributed by atoms with Crippen molar-refractivity contribution in [3.8, 4) is 0 Å². The molecule has 4 nitrogen and oxygen atoms in total. The fraction of sp³-hybridized carbons (Fsp3) is 0.636. The SMILES string of the molecule is C=CCN(CC=C)S(=O)(=O)C1CCCNC1. The van der Waals surface area contributed by atoms with E-state index in [9.17, 15) is 8.42 Å². The summed E-state index contributed by atoms with van der Waals surface area (Å²) in [6, 6.07) is 0. The molecule has 92 valence electrons. The minimum atomic E-state index is -3.22. The fourth-order valence-electron chi connectivity index (χ4n) is 1.86. The highest BCUT2D eigenvalue weighted by Crippen LogP contribution is 2.16. The predicted octanol–water partition coefficient (Wildman–Crippen LogP) is 0.742. The maximum atomic E-state index is 12.3. The van der Waals surface area contributed by atoms with Crippen LogP contribution in [0.4, 0.5) is 0 Å². The second-order valence-corrected chi connectivity index (χ2v) is 6.12. The Hall–Kier alpha value is -0.650. The van der Waals surface area contributed by atoms with Gasteiger partial charge in [0.05, 0.1) is 5.25 Å². The van der Waals surface area contributed by atoms with E-state index in [0.717, 1.165) is 19.4 Å². The third-order valence-corrected chi connectivity index (χ3v) is 4.96. The first-order valence-electron chi connectivity index (χ1n) is 5.54. The van der Waals surface area contributed by atoms with Crippen LogP contribution in [0.1, 0.15) is 12.8 Å². The van der Waals surface area contributed by atoms with Crippen molar-refractivity contribution >= 4 is 10.0 Å². The number of sulfonamides is 1. The highest BCUT2D eigenvalue weighted by Gasteiger charge is 2.31. The molecule has 1 fully saturated rings. The summed E-state index contributed by atoms with van der Waals surface area (Å²) in [4.78, 5) is 0. The summed E-state index contributed by atoms with van der Waals surface area (Å²) in [5.74, 6) is 0. The van der Waals surface area contributed by atoms with Crippen LogP contribution in [-0.2, 0) is 10.0 Å². The first-order valence-corrected chi connectivity index (χ1v) is 7.04. The zero-order valence-electron chi connectivity index (χ0n) is 9.56. The molecule has 0 aliphatic carbocycles. The van der Waals surface area contributed by atoms with Crippen LogP contribution in [0.25, 0.3) is 0 Å². The van der Waals surface area contributed by atoms with E-state index in [1.54, 1.807) is 12.2 Å². The Balaban J connectivity index is 2.78. The van der Waals surface area contributed by atoms with E-state index in [0.29, 0.717) is 19.6 Å². The Kier molecular flexibility index (Phi) is 5.18. The molecule has 1 unspecified atom stereocenters. The van der Waals surface area contributed by atoms with Crippen LogP contribution in [0.3, 0.4) is 0 Å². The highest BCUT2D eigenvalue weighted by molar-refractivity contribution is 7.89. The van der Waals surface area contributed by atoms with E-state index < -0.39 is 10.0 Å². The van der Waals surface area contributed by atoms with Crippen LogP contribution < -0.4 is 5.32 Å². The van der Waals surface area contributed by atoms with Crippen molar-refractivity contribution in [2.24, 2.45) is 0 Å². The van der Waals surface area contributed by atoms with E-state index in [2.05, 4.69) is 18.5 Å². The molecule has 0 amide bonds. The molecule has 1 aliphatic rings. The molecule has 0 saturated carbocycles. The molecule has 16 heavy (non-hydrogen) atoms. The fourth-order valence-corrected chi connectivity index (χ4v) is 3.70. The molecule has 0 radical (unpaired) electrons. The topological polar surface area (TPSA) is 49.4 Å². The monoisotopic (exact) mass is 244 g/mol. The highest BCUT2D eigenvalue weighted by atomic mass is 32.2. The lowest BCUT2D eigenvalue weighted by Gasteiger charge is -2.28. The Morgan fingerprint density at radius 3 is 2.38 bits per heavy atom. The molecule has 0 aromatic heterocycles. The Bertz CT molecular complexity index is 322. The van der Waals surface area contributed by atoms with Crippen molar-refractivity contribution < 1.29 is 8.42 Å². The van der Waals surface area contributed by atoms with Gasteiger partial charge in [0.15, 0.2) is 0 Å². The van der Waals surface area contributed by atoms with E-state index in [-0.39, 0.29) is 5.25 Å². The summed E-state index contributed by atoms with van der Waals surface area (Å²) >= 11 is 0. The molecular weight excluding hydrogens is 224 g/mol. The summed E-state index contributed by atoms with van der Waals surface area (Å²) in [5.41, 5.74) is 0. The summed E-state index contributed by atoms with van der Waals surface area (Å²) in [6.07, 6.45) is 4.87. The number of hydrogen-bond acceptors (Lipinski definition) is 3. The first-order chi connectivity index (χ1) is 7.62. The third-order valence-electron chi connectivity index (χ3n) is 2.70. The maximum Gasteiger partial charge on any atom is 0.218 e. The lowest BCUT2D eigenvalue weighted by Crippen LogP contribution is -2.46. The molecule has 1 heterocycles. The zero-order chi connectivity index (χ0) is 12.0. The smallest absolute Gasteiger partial charge is 0.218 e. The van der Waals surface area contributed by atoms with E-state index in [4.69, 9.17) is 0 Å². The van der Waals surface area contributed by atoms with Crippen LogP contribution in [-0.4, -0.2) is 44.2 Å². The van der Waals surface area contributed by atoms with Crippen LogP contribution in [0.5, 0.6) is 0 Å². The molecule has 1 N–H and O–H groups in total. The number of nitrogens with zero attached hydrogens (tertiary/aromatic N) is 1. The lowest BCUT2D eigenvalue weighted by atomic mass is 10.2. The summed E-state index contributed by atoms with van der Waals surface area (Å²) in [5, 5.41) is 2.82. The van der Waals surface area contributed by atoms with Crippen molar-refractivity contribution in [2.45, 2.75) is 18.1 Å². The van der Waals surface area contributed by atoms with Gasteiger partial charge in [0.1, 0.15) is 0 Å². The molecule has 0 aromatic rings. The van der Waals surface area contributed by atoms with Gasteiger partial charge in [-0.15, -0.1) is 13.2 Å². The zero-order valence-corrected chi connectivity index (χ0v) is 10.4. The summed E-state index contributed by atoms with van der Waals surface area (Å²) in [7, 11) is -3.22. The van der Waals surface area contributed by atoms with Crippen molar-refractivity contribution in [3.05, 3.63) is 25.3 Å². The maximum absolute atomic E-state index is 12.3. The van der Waals surface area contributed by atoms with Crippen molar-refractivity contribution in [1.82, 2.24) is 9.62 Å². The lowest BCUT2D eigenvalue weighted by molar-refractivity contribution is 0.434. The normalized spacial score (nSPS) is 21.9. The second kappa shape index (κ2) is 6.18. The van der Waals surface area contributed by atoms with Gasteiger partial charge in [-0.2, -0.15) is 4.31 Å². The van der Waals surface area contributed by atoms with Crippen LogP contribution in [0.2, 0.25) is 0 Å². The van der Waals surface area contributed by atoms with E-state index in [1.807, 2.05) is 0 Å².